The van der Waals surface area contributed by atoms with Crippen LogP contribution in [0.2, 0.25) is 0 Å². The Morgan fingerprint density at radius 2 is 1.76 bits per heavy atom. The minimum Gasteiger partial charge on any atom is -0.494 e. The molecule has 11 heteroatoms. The number of fused-ring (bicyclic) bond motifs is 4. The molecule has 1 saturated heterocycles. The maximum Gasteiger partial charge on any atom is 0.305 e. The van der Waals surface area contributed by atoms with Crippen LogP contribution in [0.25, 0.3) is 44.6 Å². The Morgan fingerprint density at radius 3 is 2.43 bits per heavy atom. The molecule has 0 spiro atoms. The monoisotopic (exact) mass is 660 g/mol. The van der Waals surface area contributed by atoms with Crippen molar-refractivity contribution in [1.29, 1.82) is 0 Å². The molecule has 3 aliphatic rings. The summed E-state index contributed by atoms with van der Waals surface area (Å²) in [5.41, 5.74) is 13.1. The molecule has 2 saturated carbocycles. The Bertz CT molecular complexity index is 2130. The van der Waals surface area contributed by atoms with Crippen LogP contribution in [0.3, 0.4) is 0 Å². The average Bonchev–Trinajstić information content (AvgIpc) is 3.51. The quantitative estimate of drug-likeness (QED) is 0.190. The Morgan fingerprint density at radius 1 is 0.980 bits per heavy atom. The van der Waals surface area contributed by atoms with Crippen LogP contribution in [0.15, 0.2) is 60.7 Å². The van der Waals surface area contributed by atoms with Gasteiger partial charge >= 0.3 is 5.97 Å². The van der Waals surface area contributed by atoms with Crippen LogP contribution in [0, 0.1) is 11.8 Å². The number of methoxy groups -OCH3 is 1. The average molecular weight is 661 g/mol. The minimum absolute atomic E-state index is 0.0164. The summed E-state index contributed by atoms with van der Waals surface area (Å²) in [6.45, 7) is 1.66. The van der Waals surface area contributed by atoms with E-state index < -0.39 is 5.97 Å². The summed E-state index contributed by atoms with van der Waals surface area (Å²) < 4.78 is 10.3. The normalized spacial score (nSPS) is 20.0. The summed E-state index contributed by atoms with van der Waals surface area (Å²) in [4.78, 5) is 44.1. The zero-order valence-electron chi connectivity index (χ0n) is 27.7. The molecule has 3 fully saturated rings. The molecule has 2 aliphatic carbocycles. The standard InChI is InChI=1S/C38H40N6O5/c1-42-35-28(15-27(18-32(35)49-2)38(48)44-20-26-11-12-29(44)34(26)39)41-36(42)31-17-25-10-9-24(16-30(25)43(31)19-21-3-4-21)22-5-7-23(8-6-22)37(47)40-14-13-33(45)46/h5-10,15-18,21,26,29,34H,3-4,11-14,19-20,39H2,1-2H3,(H,40,47)(H,45,46)/t26?,29?,34-/m1/s1. The number of hydrogen-bond donors (Lipinski definition) is 3. The van der Waals surface area contributed by atoms with E-state index in [4.69, 9.17) is 20.6 Å². The second-order valence-electron chi connectivity index (χ2n) is 13.8. The molecule has 49 heavy (non-hydrogen) atoms. The molecule has 3 aromatic carbocycles. The van der Waals surface area contributed by atoms with Crippen molar-refractivity contribution in [3.63, 3.8) is 0 Å². The third-order valence-electron chi connectivity index (χ3n) is 10.7. The number of nitrogens with zero attached hydrogens (tertiary/aromatic N) is 4. The number of nitrogens with two attached hydrogens (primary N) is 1. The number of amides is 2. The Hall–Kier alpha value is -5.16. The van der Waals surface area contributed by atoms with Crippen LogP contribution in [-0.2, 0) is 18.4 Å². The van der Waals surface area contributed by atoms with E-state index in [2.05, 4.69) is 38.7 Å². The van der Waals surface area contributed by atoms with Gasteiger partial charge in [-0.15, -0.1) is 0 Å². The fourth-order valence-electron chi connectivity index (χ4n) is 7.84. The van der Waals surface area contributed by atoms with Gasteiger partial charge in [0.2, 0.25) is 0 Å². The van der Waals surface area contributed by atoms with Crippen molar-refractivity contribution in [3.05, 3.63) is 71.8 Å². The zero-order valence-corrected chi connectivity index (χ0v) is 27.7. The van der Waals surface area contributed by atoms with Gasteiger partial charge in [-0.1, -0.05) is 24.3 Å². The topological polar surface area (TPSA) is 145 Å². The third-order valence-corrected chi connectivity index (χ3v) is 10.7. The SMILES string of the molecule is COc1cc(C(=O)N2CC3CCC2[C@@H]3N)cc2nc(-c3cc4ccc(-c5ccc(C(=O)NCCC(=O)O)cc5)cc4n3CC3CC3)n(C)c12. The molecule has 252 valence electrons. The predicted molar refractivity (Wildman–Crippen MR) is 186 cm³/mol. The van der Waals surface area contributed by atoms with Gasteiger partial charge < -0.3 is 34.9 Å². The number of rotatable bonds is 10. The van der Waals surface area contributed by atoms with Gasteiger partial charge in [0.05, 0.1) is 24.7 Å². The lowest BCUT2D eigenvalue weighted by molar-refractivity contribution is -0.136. The molecule has 8 rings (SSSR count). The number of hydrogen-bond acceptors (Lipinski definition) is 6. The number of carbonyl (C=O) groups excluding carboxylic acids is 2. The highest BCUT2D eigenvalue weighted by Gasteiger charge is 2.47. The molecule has 5 aromatic rings. The predicted octanol–water partition coefficient (Wildman–Crippen LogP) is 5.05. The number of carboxylic acid groups (broad SMARTS) is 1. The van der Waals surface area contributed by atoms with E-state index in [0.717, 1.165) is 58.5 Å². The van der Waals surface area contributed by atoms with E-state index in [1.165, 1.54) is 12.8 Å². The van der Waals surface area contributed by atoms with E-state index in [0.29, 0.717) is 40.8 Å². The number of imidazole rings is 1. The van der Waals surface area contributed by atoms with Crippen LogP contribution in [0.5, 0.6) is 5.75 Å². The van der Waals surface area contributed by atoms with Crippen molar-refractivity contribution in [1.82, 2.24) is 24.3 Å². The van der Waals surface area contributed by atoms with Crippen LogP contribution in [-0.4, -0.2) is 74.2 Å². The summed E-state index contributed by atoms with van der Waals surface area (Å²) in [5, 5.41) is 12.6. The molecule has 1 aliphatic heterocycles. The Kier molecular flexibility index (Phi) is 7.66. The molecule has 0 radical (unpaired) electrons. The van der Waals surface area contributed by atoms with Gasteiger partial charge in [-0.25, -0.2) is 4.98 Å². The van der Waals surface area contributed by atoms with Crippen molar-refractivity contribution in [3.8, 4) is 28.4 Å². The van der Waals surface area contributed by atoms with Gasteiger partial charge in [-0.05, 0) is 85.0 Å². The molecule has 2 bridgehead atoms. The molecule has 2 aromatic heterocycles. The highest BCUT2D eigenvalue weighted by atomic mass is 16.5. The number of ether oxygens (including phenoxy) is 1. The van der Waals surface area contributed by atoms with Crippen molar-refractivity contribution in [2.24, 2.45) is 24.6 Å². The Balaban J connectivity index is 1.14. The minimum atomic E-state index is -0.951. The largest absolute Gasteiger partial charge is 0.494 e. The number of aryl methyl sites for hydroxylation is 1. The van der Waals surface area contributed by atoms with E-state index in [-0.39, 0.29) is 36.9 Å². The van der Waals surface area contributed by atoms with E-state index >= 15 is 0 Å². The van der Waals surface area contributed by atoms with Crippen molar-refractivity contribution >= 4 is 39.7 Å². The maximum absolute atomic E-state index is 13.8. The van der Waals surface area contributed by atoms with Gasteiger partial charge in [0.1, 0.15) is 11.3 Å². The number of carboxylic acids is 1. The van der Waals surface area contributed by atoms with Crippen LogP contribution >= 0.6 is 0 Å². The second-order valence-corrected chi connectivity index (χ2v) is 13.8. The van der Waals surface area contributed by atoms with Gasteiger partial charge in [0.15, 0.2) is 5.82 Å². The summed E-state index contributed by atoms with van der Waals surface area (Å²) in [7, 11) is 3.63. The van der Waals surface area contributed by atoms with Gasteiger partial charge in [0, 0.05) is 60.8 Å². The second kappa shape index (κ2) is 12.1. The van der Waals surface area contributed by atoms with E-state index in [1.807, 2.05) is 36.2 Å². The lowest BCUT2D eigenvalue weighted by atomic mass is 10.0. The van der Waals surface area contributed by atoms with Crippen molar-refractivity contribution in [2.75, 3.05) is 20.2 Å². The maximum atomic E-state index is 13.8. The number of likely N-dealkylation sites (tertiary alicyclic amines) is 1. The molecule has 3 atom stereocenters. The number of piperidine rings is 1. The highest BCUT2D eigenvalue weighted by Crippen LogP contribution is 2.41. The third kappa shape index (κ3) is 5.51. The molecule has 2 amide bonds. The lowest BCUT2D eigenvalue weighted by Gasteiger charge is -2.27. The Labute approximate surface area is 283 Å². The first-order chi connectivity index (χ1) is 23.7. The molecule has 11 nitrogen and oxygen atoms in total. The fourth-order valence-corrected chi connectivity index (χ4v) is 7.84. The van der Waals surface area contributed by atoms with Gasteiger partial charge in [0.25, 0.3) is 11.8 Å². The first kappa shape index (κ1) is 31.1. The van der Waals surface area contributed by atoms with Crippen molar-refractivity contribution in [2.45, 2.75) is 50.7 Å². The van der Waals surface area contributed by atoms with Crippen LogP contribution < -0.4 is 15.8 Å². The molecular formula is C38H40N6O5. The van der Waals surface area contributed by atoms with E-state index in [1.54, 1.807) is 19.2 Å². The number of benzene rings is 3. The molecule has 2 unspecified atom stereocenters. The van der Waals surface area contributed by atoms with Crippen LogP contribution in [0.4, 0.5) is 0 Å². The summed E-state index contributed by atoms with van der Waals surface area (Å²) in [5.74, 6) is 1.13. The first-order valence-electron chi connectivity index (χ1n) is 17.0. The van der Waals surface area contributed by atoms with Gasteiger partial charge in [-0.2, -0.15) is 0 Å². The fraction of sp³-hybridized carbons (Fsp3) is 0.368. The number of carbonyl (C=O) groups is 3. The van der Waals surface area contributed by atoms with Crippen LogP contribution in [0.1, 0.15) is 52.8 Å². The number of aliphatic carboxylic acids is 1. The number of aromatic nitrogens is 3. The summed E-state index contributed by atoms with van der Waals surface area (Å²) >= 11 is 0. The highest BCUT2D eigenvalue weighted by molar-refractivity contribution is 6.01. The summed E-state index contributed by atoms with van der Waals surface area (Å²) in [6, 6.07) is 19.8. The molecule has 4 N–H and O–H groups in total. The van der Waals surface area contributed by atoms with Gasteiger partial charge in [-0.3, -0.25) is 14.4 Å². The number of nitrogens with one attached hydrogen (secondary N) is 1. The summed E-state index contributed by atoms with van der Waals surface area (Å²) in [6.07, 6.45) is 4.30. The zero-order chi connectivity index (χ0) is 34.0. The lowest BCUT2D eigenvalue weighted by Crippen LogP contribution is -2.41. The smallest absolute Gasteiger partial charge is 0.305 e. The van der Waals surface area contributed by atoms with E-state index in [9.17, 15) is 14.4 Å². The first-order valence-corrected chi connectivity index (χ1v) is 17.0. The molecule has 3 heterocycles. The van der Waals surface area contributed by atoms with Crippen molar-refractivity contribution < 1.29 is 24.2 Å². The molecular weight excluding hydrogens is 620 g/mol.